The second-order valence-corrected chi connectivity index (χ2v) is 10.4. The number of hydrogen-bond donors (Lipinski definition) is 4. The molecule has 0 fully saturated rings. The maximum atomic E-state index is 12.3. The highest BCUT2D eigenvalue weighted by Crippen LogP contribution is 2.37. The van der Waals surface area contributed by atoms with Gasteiger partial charge in [-0.1, -0.05) is 111 Å². The first-order valence-electron chi connectivity index (χ1n) is 13.4. The van der Waals surface area contributed by atoms with E-state index >= 15 is 0 Å². The van der Waals surface area contributed by atoms with Gasteiger partial charge in [-0.25, -0.2) is 0 Å². The maximum Gasteiger partial charge on any atom is 0.220 e. The van der Waals surface area contributed by atoms with Crippen molar-refractivity contribution in [1.29, 1.82) is 0 Å². The Balaban J connectivity index is 0. The zero-order chi connectivity index (χ0) is 25.3. The van der Waals surface area contributed by atoms with Crippen LogP contribution in [0.15, 0.2) is 0 Å². The number of quaternary nitrogens is 1. The fourth-order valence-electron chi connectivity index (χ4n) is 4.45. The Morgan fingerprint density at radius 3 is 1.47 bits per heavy atom. The van der Waals surface area contributed by atoms with Crippen molar-refractivity contribution in [1.82, 2.24) is 11.5 Å². The molecule has 3 atom stereocenters. The highest BCUT2D eigenvalue weighted by Gasteiger charge is 2.52. The summed E-state index contributed by atoms with van der Waals surface area (Å²) >= 11 is 0. The number of hydrogen-bond acceptors (Lipinski definition) is 5. The second-order valence-electron chi connectivity index (χ2n) is 10.4. The van der Waals surface area contributed by atoms with Crippen LogP contribution in [0.4, 0.5) is 0 Å². The van der Waals surface area contributed by atoms with Gasteiger partial charge >= 0.3 is 0 Å². The van der Waals surface area contributed by atoms with E-state index in [1.165, 1.54) is 97.8 Å². The molecule has 0 aromatic carbocycles. The van der Waals surface area contributed by atoms with Crippen LogP contribution in [0.25, 0.3) is 0 Å². The molecular weight excluding hydrogens is 432 g/mol. The number of unbranched alkanes of at least 4 members (excludes halogenated alkanes) is 14. The van der Waals surface area contributed by atoms with Crippen molar-refractivity contribution in [2.45, 2.75) is 155 Å². The first kappa shape index (κ1) is 35.0. The lowest BCUT2D eigenvalue weighted by molar-refractivity contribution is -0.339. The van der Waals surface area contributed by atoms with Crippen molar-refractivity contribution in [3.8, 4) is 0 Å². The molecule has 0 bridgehead atoms. The average molecular weight is 489 g/mol. The minimum Gasteiger partial charge on any atom is -0.547 e. The lowest BCUT2D eigenvalue weighted by Gasteiger charge is -2.48. The lowest BCUT2D eigenvalue weighted by atomic mass is 9.67. The van der Waals surface area contributed by atoms with Gasteiger partial charge in [0, 0.05) is 17.9 Å². The molecule has 0 aliphatic rings. The SMILES string of the molecule is CCCCCCCCCCCCCCCCCC(=O)NC(C)C(C)(C)C(O)(C(=O)[O-])C(C)O.[NH4+]. The first-order valence-corrected chi connectivity index (χ1v) is 13.4. The van der Waals surface area contributed by atoms with Gasteiger partial charge in [-0.3, -0.25) is 4.79 Å². The molecule has 7 heteroatoms. The summed E-state index contributed by atoms with van der Waals surface area (Å²) in [6.45, 7) is 8.12. The number of carbonyl (C=O) groups is 2. The van der Waals surface area contributed by atoms with Crippen LogP contribution < -0.4 is 16.6 Å². The van der Waals surface area contributed by atoms with Crippen molar-refractivity contribution in [3.05, 3.63) is 0 Å². The summed E-state index contributed by atoms with van der Waals surface area (Å²) in [5.41, 5.74) is -3.78. The first-order chi connectivity index (χ1) is 15.5. The van der Waals surface area contributed by atoms with Gasteiger partial charge in [-0.2, -0.15) is 0 Å². The van der Waals surface area contributed by atoms with Crippen LogP contribution in [-0.4, -0.2) is 39.8 Å². The number of aliphatic hydroxyl groups excluding tert-OH is 1. The van der Waals surface area contributed by atoms with Crippen LogP contribution in [-0.2, 0) is 9.59 Å². The average Bonchev–Trinajstić information content (AvgIpc) is 2.75. The van der Waals surface area contributed by atoms with Crippen molar-refractivity contribution in [2.24, 2.45) is 5.41 Å². The summed E-state index contributed by atoms with van der Waals surface area (Å²) in [6.07, 6.45) is 17.8. The highest BCUT2D eigenvalue weighted by molar-refractivity contribution is 5.79. The van der Waals surface area contributed by atoms with Gasteiger partial charge in [0.25, 0.3) is 0 Å². The Morgan fingerprint density at radius 2 is 1.15 bits per heavy atom. The number of rotatable bonds is 21. The number of aliphatic carboxylic acids is 1. The van der Waals surface area contributed by atoms with Gasteiger partial charge in [0.05, 0.1) is 12.1 Å². The zero-order valence-corrected chi connectivity index (χ0v) is 23.1. The number of carboxylic acids is 1. The number of carboxylic acid groups (broad SMARTS) is 1. The number of carbonyl (C=O) groups excluding carboxylic acids is 2. The van der Waals surface area contributed by atoms with Gasteiger partial charge in [0.1, 0.15) is 5.60 Å². The normalized spacial score (nSPS) is 15.1. The number of nitrogens with one attached hydrogen (secondary N) is 1. The van der Waals surface area contributed by atoms with Gasteiger partial charge < -0.3 is 31.6 Å². The molecule has 0 aliphatic heterocycles. The Morgan fingerprint density at radius 1 is 0.794 bits per heavy atom. The van der Waals surface area contributed by atoms with Crippen LogP contribution in [0.1, 0.15) is 137 Å². The minimum atomic E-state index is -2.46. The monoisotopic (exact) mass is 488 g/mol. The molecule has 0 saturated heterocycles. The molecule has 0 heterocycles. The molecule has 0 radical (unpaired) electrons. The van der Waals surface area contributed by atoms with Crippen molar-refractivity contribution < 1.29 is 24.9 Å². The summed E-state index contributed by atoms with van der Waals surface area (Å²) in [5, 5.41) is 34.6. The fourth-order valence-corrected chi connectivity index (χ4v) is 4.45. The van der Waals surface area contributed by atoms with Gasteiger partial charge in [0.15, 0.2) is 0 Å². The Bertz CT molecular complexity index is 539. The molecule has 0 rings (SSSR count). The van der Waals surface area contributed by atoms with E-state index in [0.717, 1.165) is 19.3 Å². The third-order valence-corrected chi connectivity index (χ3v) is 7.37. The van der Waals surface area contributed by atoms with Crippen molar-refractivity contribution in [3.63, 3.8) is 0 Å². The largest absolute Gasteiger partial charge is 0.547 e. The quantitative estimate of drug-likeness (QED) is 0.168. The zero-order valence-electron chi connectivity index (χ0n) is 23.1. The van der Waals surface area contributed by atoms with Crippen LogP contribution in [0.5, 0.6) is 0 Å². The van der Waals surface area contributed by atoms with E-state index in [1.54, 1.807) is 6.92 Å². The molecule has 3 unspecified atom stereocenters. The number of amides is 1. The van der Waals surface area contributed by atoms with Gasteiger partial charge in [0.2, 0.25) is 5.91 Å². The summed E-state index contributed by atoms with van der Waals surface area (Å²) < 4.78 is 0. The van der Waals surface area contributed by atoms with Crippen molar-refractivity contribution in [2.75, 3.05) is 0 Å². The van der Waals surface area contributed by atoms with E-state index in [4.69, 9.17) is 0 Å². The van der Waals surface area contributed by atoms with Crippen LogP contribution >= 0.6 is 0 Å². The van der Waals surface area contributed by atoms with E-state index in [0.29, 0.717) is 6.42 Å². The molecule has 204 valence electrons. The topological polar surface area (TPSA) is 146 Å². The number of aliphatic hydroxyl groups is 2. The van der Waals surface area contributed by atoms with Crippen LogP contribution in [0.3, 0.4) is 0 Å². The molecule has 7 nitrogen and oxygen atoms in total. The van der Waals surface area contributed by atoms with E-state index in [9.17, 15) is 24.9 Å². The van der Waals surface area contributed by atoms with E-state index < -0.39 is 29.1 Å². The summed E-state index contributed by atoms with van der Waals surface area (Å²) in [7, 11) is 0. The van der Waals surface area contributed by atoms with Crippen molar-refractivity contribution >= 4 is 11.9 Å². The molecule has 0 saturated carbocycles. The molecule has 34 heavy (non-hydrogen) atoms. The van der Waals surface area contributed by atoms with Crippen LogP contribution in [0.2, 0.25) is 0 Å². The third kappa shape index (κ3) is 12.5. The fraction of sp³-hybridized carbons (Fsp3) is 0.926. The molecule has 0 aliphatic carbocycles. The summed E-state index contributed by atoms with van der Waals surface area (Å²) in [5.74, 6) is -1.91. The Kier molecular flexibility index (Phi) is 19.6. The molecule has 7 N–H and O–H groups in total. The molecule has 0 spiro atoms. The summed E-state index contributed by atoms with van der Waals surface area (Å²) in [4.78, 5) is 23.8. The Labute approximate surface area is 209 Å². The highest BCUT2D eigenvalue weighted by atomic mass is 16.4. The predicted octanol–water partition coefficient (Wildman–Crippen LogP) is 5.02. The van der Waals surface area contributed by atoms with Gasteiger partial charge in [-0.15, -0.1) is 0 Å². The van der Waals surface area contributed by atoms with E-state index in [-0.39, 0.29) is 12.1 Å². The second kappa shape index (κ2) is 19.1. The van der Waals surface area contributed by atoms with Crippen LogP contribution in [0, 0.1) is 5.41 Å². The molecule has 1 amide bonds. The molecule has 0 aromatic rings. The van der Waals surface area contributed by atoms with E-state index in [2.05, 4.69) is 12.2 Å². The summed E-state index contributed by atoms with van der Waals surface area (Å²) in [6, 6.07) is -0.654. The third-order valence-electron chi connectivity index (χ3n) is 7.37. The minimum absolute atomic E-state index is 0. The predicted molar refractivity (Wildman–Crippen MR) is 139 cm³/mol. The lowest BCUT2D eigenvalue weighted by Crippen LogP contribution is -2.68. The van der Waals surface area contributed by atoms with E-state index in [1.807, 2.05) is 0 Å². The smallest absolute Gasteiger partial charge is 0.220 e. The maximum absolute atomic E-state index is 12.3. The van der Waals surface area contributed by atoms with Gasteiger partial charge in [-0.05, 0) is 20.3 Å². The molecular formula is C27H56N2O5. The molecule has 0 aromatic heterocycles. The Hall–Kier alpha value is -1.18. The standard InChI is InChI=1S/C27H53NO5.H3N/c1-6-7-8-9-10-11-12-13-14-15-16-17-18-19-20-21-24(30)28-22(2)26(4,5)27(33,23(3)29)25(31)32;/h22-23,29,33H,6-21H2,1-5H3,(H,28,30)(H,31,32);1H3.